The first-order valence-electron chi connectivity index (χ1n) is 7.44. The maximum absolute atomic E-state index is 3.63. The summed E-state index contributed by atoms with van der Waals surface area (Å²) in [7, 11) is 2.24. The molecule has 0 aromatic rings. The second kappa shape index (κ2) is 7.34. The SMILES string of the molecule is CN1CCC(CCNCCC2CCNC2)CC1. The Morgan fingerprint density at radius 3 is 2.41 bits per heavy atom. The Kier molecular flexibility index (Phi) is 5.75. The molecule has 2 heterocycles. The third kappa shape index (κ3) is 4.94. The van der Waals surface area contributed by atoms with Crippen LogP contribution in [0.4, 0.5) is 0 Å². The van der Waals surface area contributed by atoms with Crippen LogP contribution in [-0.4, -0.2) is 51.2 Å². The first-order chi connectivity index (χ1) is 8.34. The third-order valence-electron chi connectivity index (χ3n) is 4.46. The topological polar surface area (TPSA) is 27.3 Å². The Morgan fingerprint density at radius 1 is 1.06 bits per heavy atom. The molecule has 2 aliphatic rings. The van der Waals surface area contributed by atoms with Crippen molar-refractivity contribution in [3.8, 4) is 0 Å². The molecule has 0 aromatic heterocycles. The molecule has 1 unspecified atom stereocenters. The van der Waals surface area contributed by atoms with E-state index in [0.717, 1.165) is 11.8 Å². The molecule has 0 aromatic carbocycles. The minimum Gasteiger partial charge on any atom is -0.317 e. The molecule has 1 atom stereocenters. The van der Waals surface area contributed by atoms with Crippen molar-refractivity contribution in [3.05, 3.63) is 0 Å². The van der Waals surface area contributed by atoms with Crippen molar-refractivity contribution in [3.63, 3.8) is 0 Å². The number of hydrogen-bond donors (Lipinski definition) is 2. The molecule has 0 bridgehead atoms. The van der Waals surface area contributed by atoms with E-state index in [1.807, 2.05) is 0 Å². The fraction of sp³-hybridized carbons (Fsp3) is 1.00. The van der Waals surface area contributed by atoms with Gasteiger partial charge in [-0.2, -0.15) is 0 Å². The van der Waals surface area contributed by atoms with E-state index < -0.39 is 0 Å². The summed E-state index contributed by atoms with van der Waals surface area (Å²) in [5.74, 6) is 1.91. The lowest BCUT2D eigenvalue weighted by Gasteiger charge is -2.28. The summed E-state index contributed by atoms with van der Waals surface area (Å²) in [6.45, 7) is 7.54. The molecular formula is C14H29N3. The van der Waals surface area contributed by atoms with Crippen molar-refractivity contribution in [2.45, 2.75) is 32.1 Å². The van der Waals surface area contributed by atoms with E-state index in [1.54, 1.807) is 0 Å². The molecule has 2 rings (SSSR count). The summed E-state index contributed by atoms with van der Waals surface area (Å²) < 4.78 is 0. The molecule has 2 aliphatic heterocycles. The minimum atomic E-state index is 0.936. The second-order valence-corrected chi connectivity index (χ2v) is 5.93. The zero-order chi connectivity index (χ0) is 11.9. The van der Waals surface area contributed by atoms with Gasteiger partial charge in [0, 0.05) is 0 Å². The highest BCUT2D eigenvalue weighted by atomic mass is 15.1. The van der Waals surface area contributed by atoms with Crippen LogP contribution < -0.4 is 10.6 Å². The van der Waals surface area contributed by atoms with Crippen molar-refractivity contribution < 1.29 is 0 Å². The molecule has 2 fully saturated rings. The van der Waals surface area contributed by atoms with Gasteiger partial charge in [0.25, 0.3) is 0 Å². The normalized spacial score (nSPS) is 27.7. The molecule has 0 spiro atoms. The first kappa shape index (κ1) is 13.3. The summed E-state index contributed by atoms with van der Waals surface area (Å²) >= 11 is 0. The summed E-state index contributed by atoms with van der Waals surface area (Å²) in [6, 6.07) is 0. The molecule has 3 heteroatoms. The van der Waals surface area contributed by atoms with E-state index in [0.29, 0.717) is 0 Å². The van der Waals surface area contributed by atoms with E-state index in [4.69, 9.17) is 0 Å². The highest BCUT2D eigenvalue weighted by molar-refractivity contribution is 4.73. The monoisotopic (exact) mass is 239 g/mol. The number of nitrogens with one attached hydrogen (secondary N) is 2. The Hall–Kier alpha value is -0.120. The van der Waals surface area contributed by atoms with Gasteiger partial charge in [-0.15, -0.1) is 0 Å². The first-order valence-corrected chi connectivity index (χ1v) is 7.44. The quantitative estimate of drug-likeness (QED) is 0.684. The minimum absolute atomic E-state index is 0.936. The lowest BCUT2D eigenvalue weighted by atomic mass is 9.94. The molecule has 2 saturated heterocycles. The van der Waals surface area contributed by atoms with E-state index >= 15 is 0 Å². The van der Waals surface area contributed by atoms with Gasteiger partial charge in [-0.1, -0.05) is 0 Å². The van der Waals surface area contributed by atoms with Gasteiger partial charge in [-0.05, 0) is 90.3 Å². The van der Waals surface area contributed by atoms with Crippen molar-refractivity contribution in [1.82, 2.24) is 15.5 Å². The van der Waals surface area contributed by atoms with Crippen LogP contribution in [0.1, 0.15) is 32.1 Å². The molecule has 3 nitrogen and oxygen atoms in total. The molecule has 0 amide bonds. The second-order valence-electron chi connectivity index (χ2n) is 5.93. The van der Waals surface area contributed by atoms with Gasteiger partial charge in [0.15, 0.2) is 0 Å². The molecule has 100 valence electrons. The highest BCUT2D eigenvalue weighted by Gasteiger charge is 2.16. The van der Waals surface area contributed by atoms with Gasteiger partial charge in [0.2, 0.25) is 0 Å². The summed E-state index contributed by atoms with van der Waals surface area (Å²) in [6.07, 6.45) is 6.95. The molecule has 17 heavy (non-hydrogen) atoms. The summed E-state index contributed by atoms with van der Waals surface area (Å²) in [5.41, 5.74) is 0. The zero-order valence-corrected chi connectivity index (χ0v) is 11.4. The van der Waals surface area contributed by atoms with Crippen LogP contribution in [-0.2, 0) is 0 Å². The van der Waals surface area contributed by atoms with Crippen molar-refractivity contribution in [2.75, 3.05) is 46.3 Å². The third-order valence-corrected chi connectivity index (χ3v) is 4.46. The Balaban J connectivity index is 1.43. The predicted molar refractivity (Wildman–Crippen MR) is 73.3 cm³/mol. The Morgan fingerprint density at radius 2 is 1.76 bits per heavy atom. The largest absolute Gasteiger partial charge is 0.317 e. The predicted octanol–water partition coefficient (Wildman–Crippen LogP) is 1.31. The van der Waals surface area contributed by atoms with Gasteiger partial charge in [-0.25, -0.2) is 0 Å². The standard InChI is InChI=1S/C14H29N3/c1-17-10-5-13(6-11-17)2-7-15-8-3-14-4-9-16-12-14/h13-16H,2-12H2,1H3. The molecule has 0 aliphatic carbocycles. The van der Waals surface area contributed by atoms with Crippen LogP contribution in [0.5, 0.6) is 0 Å². The maximum atomic E-state index is 3.63. The van der Waals surface area contributed by atoms with Crippen molar-refractivity contribution >= 4 is 0 Å². The van der Waals surface area contributed by atoms with Crippen LogP contribution in [0.2, 0.25) is 0 Å². The zero-order valence-electron chi connectivity index (χ0n) is 11.4. The highest BCUT2D eigenvalue weighted by Crippen LogP contribution is 2.18. The lowest BCUT2D eigenvalue weighted by Crippen LogP contribution is -2.31. The molecule has 2 N–H and O–H groups in total. The van der Waals surface area contributed by atoms with Crippen LogP contribution in [0, 0.1) is 11.8 Å². The maximum Gasteiger partial charge on any atom is -0.00191 e. The van der Waals surface area contributed by atoms with Gasteiger partial charge >= 0.3 is 0 Å². The number of rotatable bonds is 6. The van der Waals surface area contributed by atoms with Crippen LogP contribution in [0.15, 0.2) is 0 Å². The van der Waals surface area contributed by atoms with Gasteiger partial charge < -0.3 is 15.5 Å². The van der Waals surface area contributed by atoms with Crippen molar-refractivity contribution in [2.24, 2.45) is 11.8 Å². The van der Waals surface area contributed by atoms with Gasteiger partial charge in [0.05, 0.1) is 0 Å². The molecular weight excluding hydrogens is 210 g/mol. The number of piperidine rings is 1. The van der Waals surface area contributed by atoms with Gasteiger partial charge in [-0.3, -0.25) is 0 Å². The van der Waals surface area contributed by atoms with E-state index in [2.05, 4.69) is 22.6 Å². The summed E-state index contributed by atoms with van der Waals surface area (Å²) in [4.78, 5) is 2.46. The number of likely N-dealkylation sites (tertiary alicyclic amines) is 1. The number of hydrogen-bond acceptors (Lipinski definition) is 3. The summed E-state index contributed by atoms with van der Waals surface area (Å²) in [5, 5.41) is 7.07. The average molecular weight is 239 g/mol. The van der Waals surface area contributed by atoms with Crippen LogP contribution >= 0.6 is 0 Å². The number of nitrogens with zero attached hydrogens (tertiary/aromatic N) is 1. The molecule has 0 radical (unpaired) electrons. The smallest absolute Gasteiger partial charge is 0.00191 e. The van der Waals surface area contributed by atoms with E-state index in [1.165, 1.54) is 71.4 Å². The molecule has 0 saturated carbocycles. The Labute approximate surface area is 106 Å². The fourth-order valence-corrected chi connectivity index (χ4v) is 3.05. The fourth-order valence-electron chi connectivity index (χ4n) is 3.05. The van der Waals surface area contributed by atoms with E-state index in [-0.39, 0.29) is 0 Å². The Bertz CT molecular complexity index is 194. The van der Waals surface area contributed by atoms with Crippen molar-refractivity contribution in [1.29, 1.82) is 0 Å². The average Bonchev–Trinajstić information content (AvgIpc) is 2.84. The van der Waals surface area contributed by atoms with E-state index in [9.17, 15) is 0 Å². The van der Waals surface area contributed by atoms with Gasteiger partial charge in [0.1, 0.15) is 0 Å². The lowest BCUT2D eigenvalue weighted by molar-refractivity contribution is 0.211. The van der Waals surface area contributed by atoms with Crippen LogP contribution in [0.3, 0.4) is 0 Å². The van der Waals surface area contributed by atoms with Crippen LogP contribution in [0.25, 0.3) is 0 Å².